The topological polar surface area (TPSA) is 61.3 Å². The van der Waals surface area contributed by atoms with E-state index in [-0.39, 0.29) is 5.82 Å². The second-order valence-corrected chi connectivity index (χ2v) is 4.57. The van der Waals surface area contributed by atoms with E-state index in [1.54, 1.807) is 24.3 Å². The summed E-state index contributed by atoms with van der Waals surface area (Å²) < 4.78 is 18.2. The Labute approximate surface area is 121 Å². The van der Waals surface area contributed by atoms with Gasteiger partial charge in [0, 0.05) is 11.8 Å². The normalized spacial score (nSPS) is 11.4. The van der Waals surface area contributed by atoms with Crippen molar-refractivity contribution in [1.29, 1.82) is 0 Å². The minimum absolute atomic E-state index is 0.295. The SMILES string of the molecule is COc1cc(-c2ccc(F)cc2)cc(/C(Cl)=C\N)c1N. The van der Waals surface area contributed by atoms with E-state index in [0.29, 0.717) is 22.0 Å². The molecule has 5 heteroatoms. The van der Waals surface area contributed by atoms with Crippen molar-refractivity contribution in [1.82, 2.24) is 0 Å². The molecule has 20 heavy (non-hydrogen) atoms. The van der Waals surface area contributed by atoms with Crippen LogP contribution in [0, 0.1) is 5.82 Å². The van der Waals surface area contributed by atoms with Crippen molar-refractivity contribution in [2.75, 3.05) is 12.8 Å². The van der Waals surface area contributed by atoms with E-state index in [1.165, 1.54) is 25.4 Å². The van der Waals surface area contributed by atoms with Gasteiger partial charge in [0.15, 0.2) is 0 Å². The van der Waals surface area contributed by atoms with E-state index in [4.69, 9.17) is 27.8 Å². The molecule has 0 unspecified atom stereocenters. The lowest BCUT2D eigenvalue weighted by Gasteiger charge is -2.13. The van der Waals surface area contributed by atoms with Gasteiger partial charge in [0.1, 0.15) is 11.6 Å². The number of halogens is 2. The molecule has 0 spiro atoms. The summed E-state index contributed by atoms with van der Waals surface area (Å²) in [6.07, 6.45) is 1.27. The quantitative estimate of drug-likeness (QED) is 0.850. The molecule has 0 saturated carbocycles. The van der Waals surface area contributed by atoms with Gasteiger partial charge in [-0.15, -0.1) is 0 Å². The van der Waals surface area contributed by atoms with Crippen molar-refractivity contribution in [2.24, 2.45) is 5.73 Å². The van der Waals surface area contributed by atoms with Crippen LogP contribution in [0.25, 0.3) is 16.2 Å². The number of benzene rings is 2. The highest BCUT2D eigenvalue weighted by Crippen LogP contribution is 2.36. The number of anilines is 1. The van der Waals surface area contributed by atoms with Gasteiger partial charge in [-0.25, -0.2) is 4.39 Å². The maximum Gasteiger partial charge on any atom is 0.143 e. The average Bonchev–Trinajstić information content (AvgIpc) is 2.47. The van der Waals surface area contributed by atoms with Crippen LogP contribution in [-0.2, 0) is 0 Å². The number of nitrogens with two attached hydrogens (primary N) is 2. The zero-order valence-electron chi connectivity index (χ0n) is 10.9. The molecule has 0 aliphatic heterocycles. The Morgan fingerprint density at radius 3 is 2.40 bits per heavy atom. The summed E-state index contributed by atoms with van der Waals surface area (Å²) in [6.45, 7) is 0. The number of hydrogen-bond donors (Lipinski definition) is 2. The van der Waals surface area contributed by atoms with Crippen molar-refractivity contribution < 1.29 is 9.13 Å². The van der Waals surface area contributed by atoms with Gasteiger partial charge in [-0.05, 0) is 35.4 Å². The molecule has 0 aromatic heterocycles. The van der Waals surface area contributed by atoms with E-state index in [1.807, 2.05) is 0 Å². The molecular formula is C15H14ClFN2O. The van der Waals surface area contributed by atoms with Crippen LogP contribution >= 0.6 is 11.6 Å². The van der Waals surface area contributed by atoms with Crippen LogP contribution in [0.4, 0.5) is 10.1 Å². The predicted octanol–water partition coefficient (Wildman–Crippen LogP) is 3.58. The molecule has 0 bridgehead atoms. The summed E-state index contributed by atoms with van der Waals surface area (Å²) in [6, 6.07) is 9.67. The molecule has 3 nitrogen and oxygen atoms in total. The number of methoxy groups -OCH3 is 1. The fourth-order valence-corrected chi connectivity index (χ4v) is 2.05. The Morgan fingerprint density at radius 1 is 1.20 bits per heavy atom. The molecular weight excluding hydrogens is 279 g/mol. The van der Waals surface area contributed by atoms with Crippen LogP contribution in [0.3, 0.4) is 0 Å². The summed E-state index contributed by atoms with van der Waals surface area (Å²) in [5, 5.41) is 0.324. The molecule has 0 aliphatic carbocycles. The second-order valence-electron chi connectivity index (χ2n) is 4.16. The lowest BCUT2D eigenvalue weighted by molar-refractivity contribution is 0.417. The predicted molar refractivity (Wildman–Crippen MR) is 80.8 cm³/mol. The third kappa shape index (κ3) is 2.70. The second kappa shape index (κ2) is 5.84. The average molecular weight is 293 g/mol. The third-order valence-electron chi connectivity index (χ3n) is 2.94. The first-order valence-corrected chi connectivity index (χ1v) is 6.26. The molecule has 2 rings (SSSR count). The van der Waals surface area contributed by atoms with Gasteiger partial charge in [0.2, 0.25) is 0 Å². The van der Waals surface area contributed by atoms with Gasteiger partial charge < -0.3 is 16.2 Å². The Morgan fingerprint density at radius 2 is 1.85 bits per heavy atom. The molecule has 4 N–H and O–H groups in total. The Balaban J connectivity index is 2.62. The molecule has 2 aromatic rings. The van der Waals surface area contributed by atoms with Crippen LogP contribution in [0.5, 0.6) is 5.75 Å². The first kappa shape index (κ1) is 14.2. The summed E-state index contributed by atoms with van der Waals surface area (Å²) in [5.41, 5.74) is 14.0. The van der Waals surface area contributed by atoms with Gasteiger partial charge in [0.05, 0.1) is 17.8 Å². The molecule has 0 atom stereocenters. The summed E-state index contributed by atoms with van der Waals surface area (Å²) >= 11 is 6.05. The fraction of sp³-hybridized carbons (Fsp3) is 0.0667. The summed E-state index contributed by atoms with van der Waals surface area (Å²) in [5.74, 6) is 0.193. The monoisotopic (exact) mass is 292 g/mol. The van der Waals surface area contributed by atoms with Gasteiger partial charge in [-0.2, -0.15) is 0 Å². The van der Waals surface area contributed by atoms with Gasteiger partial charge in [0.25, 0.3) is 0 Å². The van der Waals surface area contributed by atoms with Crippen molar-refractivity contribution in [2.45, 2.75) is 0 Å². The number of ether oxygens (including phenoxy) is 1. The molecule has 2 aromatic carbocycles. The number of hydrogen-bond acceptors (Lipinski definition) is 3. The highest BCUT2D eigenvalue weighted by molar-refractivity contribution is 6.49. The van der Waals surface area contributed by atoms with Crippen molar-refractivity contribution in [3.63, 3.8) is 0 Å². The van der Waals surface area contributed by atoms with Gasteiger partial charge in [-0.3, -0.25) is 0 Å². The summed E-state index contributed by atoms with van der Waals surface area (Å²) in [4.78, 5) is 0. The highest BCUT2D eigenvalue weighted by atomic mass is 35.5. The molecule has 0 saturated heterocycles. The van der Waals surface area contributed by atoms with E-state index < -0.39 is 0 Å². The van der Waals surface area contributed by atoms with E-state index in [9.17, 15) is 4.39 Å². The zero-order valence-corrected chi connectivity index (χ0v) is 11.6. The Hall–Kier alpha value is -2.20. The van der Waals surface area contributed by atoms with Crippen molar-refractivity contribution in [3.8, 4) is 16.9 Å². The third-order valence-corrected chi connectivity index (χ3v) is 3.27. The molecule has 0 radical (unpaired) electrons. The fourth-order valence-electron chi connectivity index (χ4n) is 1.89. The van der Waals surface area contributed by atoms with Crippen LogP contribution in [0.1, 0.15) is 5.56 Å². The van der Waals surface area contributed by atoms with Crippen LogP contribution in [0.15, 0.2) is 42.6 Å². The molecule has 0 amide bonds. The smallest absolute Gasteiger partial charge is 0.143 e. The van der Waals surface area contributed by atoms with Crippen LogP contribution in [0.2, 0.25) is 0 Å². The maximum absolute atomic E-state index is 13.0. The van der Waals surface area contributed by atoms with E-state index in [2.05, 4.69) is 0 Å². The standard InChI is InChI=1S/C15H14ClFN2O/c1-20-14-7-10(9-2-4-11(17)5-3-9)6-12(15(14)19)13(16)8-18/h2-8H,18-19H2,1H3/b13-8+. The zero-order chi connectivity index (χ0) is 14.7. The minimum Gasteiger partial charge on any atom is -0.495 e. The van der Waals surface area contributed by atoms with E-state index in [0.717, 1.165) is 11.1 Å². The number of rotatable bonds is 3. The maximum atomic E-state index is 13.0. The first-order chi connectivity index (χ1) is 9.56. The van der Waals surface area contributed by atoms with Gasteiger partial charge in [-0.1, -0.05) is 23.7 Å². The minimum atomic E-state index is -0.295. The van der Waals surface area contributed by atoms with Crippen molar-refractivity contribution in [3.05, 3.63) is 54.0 Å². The van der Waals surface area contributed by atoms with Crippen LogP contribution < -0.4 is 16.2 Å². The number of nitrogen functional groups attached to an aromatic ring is 1. The Bertz CT molecular complexity index is 654. The molecule has 104 valence electrons. The highest BCUT2D eigenvalue weighted by Gasteiger charge is 2.12. The van der Waals surface area contributed by atoms with Crippen molar-refractivity contribution >= 4 is 22.3 Å². The molecule has 0 fully saturated rings. The molecule has 0 aliphatic rings. The lowest BCUT2D eigenvalue weighted by atomic mass is 10.0. The van der Waals surface area contributed by atoms with Crippen LogP contribution in [-0.4, -0.2) is 7.11 Å². The lowest BCUT2D eigenvalue weighted by Crippen LogP contribution is -1.98. The first-order valence-electron chi connectivity index (χ1n) is 5.88. The van der Waals surface area contributed by atoms with Gasteiger partial charge >= 0.3 is 0 Å². The molecule has 0 heterocycles. The largest absolute Gasteiger partial charge is 0.495 e. The summed E-state index contributed by atoms with van der Waals surface area (Å²) in [7, 11) is 1.52. The Kier molecular flexibility index (Phi) is 4.15. The van der Waals surface area contributed by atoms with E-state index >= 15 is 0 Å².